The zero-order chi connectivity index (χ0) is 22.2. The quantitative estimate of drug-likeness (QED) is 0.274. The molecule has 2 aromatic rings. The fraction of sp³-hybridized carbons (Fsp3) is 0.500. The van der Waals surface area contributed by atoms with Gasteiger partial charge in [-0.05, 0) is 44.8 Å². The molecule has 0 bridgehead atoms. The number of nitrogens with zero attached hydrogens (tertiary/aromatic N) is 4. The molecule has 0 unspecified atom stereocenters. The van der Waals surface area contributed by atoms with Gasteiger partial charge in [0, 0.05) is 25.8 Å². The average molecular weight is 429 g/mol. The van der Waals surface area contributed by atoms with Gasteiger partial charge in [0.1, 0.15) is 0 Å². The molecule has 0 radical (unpaired) electrons. The third kappa shape index (κ3) is 8.69. The molecule has 1 heterocycles. The Labute approximate surface area is 173 Å². The molecule has 0 aliphatic rings. The molecule has 0 saturated heterocycles. The molecule has 2 N–H and O–H groups in total. The van der Waals surface area contributed by atoms with Gasteiger partial charge in [-0.3, -0.25) is 9.61 Å². The molecule has 0 aliphatic heterocycles. The number of benzene rings is 1. The smallest absolute Gasteiger partial charge is 0.378 e. The van der Waals surface area contributed by atoms with Crippen molar-refractivity contribution in [1.29, 1.82) is 0 Å². The van der Waals surface area contributed by atoms with Gasteiger partial charge in [0.15, 0.2) is 0 Å². The Kier molecular flexibility index (Phi) is 9.37. The zero-order valence-electron chi connectivity index (χ0n) is 18.1. The molecule has 0 fully saturated rings. The first-order valence-electron chi connectivity index (χ1n) is 8.95. The lowest BCUT2D eigenvalue weighted by Gasteiger charge is -2.22. The minimum Gasteiger partial charge on any atom is -0.726 e. The van der Waals surface area contributed by atoms with Gasteiger partial charge < -0.3 is 14.4 Å². The van der Waals surface area contributed by atoms with Crippen LogP contribution in [0.2, 0.25) is 0 Å². The number of likely N-dealkylation sites (N-methyl/N-ethyl adjacent to an activating group) is 2. The SMILES string of the molecule is COS(=O)(=O)[O-].Cc1cc(N(C)CCN(C)C)ccc1NNc1n(C)cc[n+]1C. The Morgan fingerprint density at radius 3 is 2.28 bits per heavy atom. The number of nitrogens with one attached hydrogen (secondary N) is 2. The molecule has 0 atom stereocenters. The highest BCUT2D eigenvalue weighted by Crippen LogP contribution is 2.22. The van der Waals surface area contributed by atoms with Crippen LogP contribution in [0.3, 0.4) is 0 Å². The van der Waals surface area contributed by atoms with Crippen LogP contribution in [0.4, 0.5) is 17.3 Å². The Hall–Kier alpha value is -2.34. The fourth-order valence-corrected chi connectivity index (χ4v) is 2.39. The van der Waals surface area contributed by atoms with Crippen LogP contribution in [0.25, 0.3) is 0 Å². The van der Waals surface area contributed by atoms with Gasteiger partial charge in [-0.2, -0.15) is 5.43 Å². The van der Waals surface area contributed by atoms with Crippen molar-refractivity contribution in [3.8, 4) is 0 Å². The van der Waals surface area contributed by atoms with Crippen molar-refractivity contribution in [2.45, 2.75) is 6.92 Å². The van der Waals surface area contributed by atoms with Gasteiger partial charge in [0.25, 0.3) is 0 Å². The Bertz CT molecular complexity index is 863. The lowest BCUT2D eigenvalue weighted by atomic mass is 10.1. The van der Waals surface area contributed by atoms with Crippen LogP contribution < -0.4 is 20.3 Å². The van der Waals surface area contributed by atoms with Crippen molar-refractivity contribution in [3.63, 3.8) is 0 Å². The normalized spacial score (nSPS) is 11.1. The van der Waals surface area contributed by atoms with Crippen LogP contribution in [-0.4, -0.2) is 63.8 Å². The van der Waals surface area contributed by atoms with E-state index < -0.39 is 10.4 Å². The third-order valence-corrected chi connectivity index (χ3v) is 4.64. The third-order valence-electron chi connectivity index (χ3n) is 4.23. The molecule has 164 valence electrons. The second-order valence-electron chi connectivity index (χ2n) is 6.89. The predicted molar refractivity (Wildman–Crippen MR) is 114 cm³/mol. The average Bonchev–Trinajstić information content (AvgIpc) is 2.96. The summed E-state index contributed by atoms with van der Waals surface area (Å²) in [4.78, 5) is 4.48. The first-order valence-corrected chi connectivity index (χ1v) is 10.3. The van der Waals surface area contributed by atoms with E-state index in [-0.39, 0.29) is 0 Å². The van der Waals surface area contributed by atoms with Gasteiger partial charge in [0.2, 0.25) is 10.4 Å². The lowest BCUT2D eigenvalue weighted by Crippen LogP contribution is -2.32. The standard InChI is InChI=1S/C17H28N6.CH4O4S/c1-14-13-15(21(4)10-9-20(2)3)7-8-16(14)18-19-17-22(5)11-12-23(17)6;1-5-6(2,3)4/h7-8,11-13,18H,9-10H2,1-6H3;1H3,(H,2,3,4). The van der Waals surface area contributed by atoms with Crippen molar-refractivity contribution >= 4 is 27.7 Å². The molecule has 0 saturated carbocycles. The molecule has 11 heteroatoms. The van der Waals surface area contributed by atoms with Crippen molar-refractivity contribution in [2.75, 3.05) is 57.1 Å². The lowest BCUT2D eigenvalue weighted by molar-refractivity contribution is -0.656. The van der Waals surface area contributed by atoms with Crippen molar-refractivity contribution in [2.24, 2.45) is 14.1 Å². The van der Waals surface area contributed by atoms with E-state index >= 15 is 0 Å². The fourth-order valence-electron chi connectivity index (χ4n) is 2.39. The maximum Gasteiger partial charge on any atom is 0.378 e. The van der Waals surface area contributed by atoms with Gasteiger partial charge in [-0.15, -0.1) is 0 Å². The number of hydrogen-bond donors (Lipinski definition) is 2. The minimum atomic E-state index is -4.41. The Morgan fingerprint density at radius 2 is 1.83 bits per heavy atom. The van der Waals surface area contributed by atoms with E-state index in [1.165, 1.54) is 11.3 Å². The first-order chi connectivity index (χ1) is 13.4. The number of imidazole rings is 1. The molecule has 29 heavy (non-hydrogen) atoms. The Morgan fingerprint density at radius 1 is 1.21 bits per heavy atom. The van der Waals surface area contributed by atoms with Crippen molar-refractivity contribution in [1.82, 2.24) is 9.47 Å². The van der Waals surface area contributed by atoms with Gasteiger partial charge in [-0.1, -0.05) is 0 Å². The zero-order valence-corrected chi connectivity index (χ0v) is 18.9. The number of hydrazine groups is 1. The number of aryl methyl sites for hydroxylation is 3. The molecule has 2 rings (SSSR count). The molecular weight excluding hydrogens is 396 g/mol. The summed E-state index contributed by atoms with van der Waals surface area (Å²) in [6.45, 7) is 4.18. The van der Waals surface area contributed by atoms with Crippen LogP contribution >= 0.6 is 0 Å². The second kappa shape index (κ2) is 11.0. The van der Waals surface area contributed by atoms with Crippen LogP contribution in [0, 0.1) is 6.92 Å². The number of aromatic nitrogens is 2. The number of hydrogen-bond acceptors (Lipinski definition) is 8. The molecule has 10 nitrogen and oxygen atoms in total. The highest BCUT2D eigenvalue weighted by atomic mass is 32.3. The Balaban J connectivity index is 0.000000612. The predicted octanol–water partition coefficient (Wildman–Crippen LogP) is 0.688. The second-order valence-corrected chi connectivity index (χ2v) is 8.04. The summed E-state index contributed by atoms with van der Waals surface area (Å²) in [5.41, 5.74) is 10.1. The summed E-state index contributed by atoms with van der Waals surface area (Å²) in [5.74, 6) is 0.997. The molecule has 1 aromatic heterocycles. The van der Waals surface area contributed by atoms with Crippen molar-refractivity contribution < 1.29 is 21.7 Å². The van der Waals surface area contributed by atoms with Crippen molar-refractivity contribution in [3.05, 3.63) is 36.2 Å². The molecule has 1 aromatic carbocycles. The summed E-state index contributed by atoms with van der Waals surface area (Å²) < 4.78 is 35.1. The van der Waals surface area contributed by atoms with E-state index in [4.69, 9.17) is 0 Å². The largest absolute Gasteiger partial charge is 0.726 e. The topological polar surface area (TPSA) is 106 Å². The van der Waals surface area contributed by atoms with Crippen LogP contribution in [0.1, 0.15) is 5.56 Å². The molecular formula is C18H32N6O4S. The number of rotatable bonds is 8. The van der Waals surface area contributed by atoms with Gasteiger partial charge in [0.05, 0.1) is 39.3 Å². The molecule has 0 aliphatic carbocycles. The van der Waals surface area contributed by atoms with E-state index in [2.05, 4.69) is 71.1 Å². The summed E-state index contributed by atoms with van der Waals surface area (Å²) in [5, 5.41) is 0. The highest BCUT2D eigenvalue weighted by molar-refractivity contribution is 7.80. The maximum absolute atomic E-state index is 9.22. The molecule has 0 amide bonds. The van der Waals surface area contributed by atoms with Gasteiger partial charge >= 0.3 is 5.95 Å². The van der Waals surface area contributed by atoms with E-state index in [0.717, 1.165) is 31.8 Å². The first kappa shape index (κ1) is 24.7. The summed E-state index contributed by atoms with van der Waals surface area (Å²) >= 11 is 0. The van der Waals surface area contributed by atoms with E-state index in [1.54, 1.807) is 0 Å². The van der Waals surface area contributed by atoms with Crippen LogP contribution in [0.5, 0.6) is 0 Å². The van der Waals surface area contributed by atoms with E-state index in [9.17, 15) is 13.0 Å². The summed E-state index contributed by atoms with van der Waals surface area (Å²) in [6, 6.07) is 6.48. The highest BCUT2D eigenvalue weighted by Gasteiger charge is 2.11. The van der Waals surface area contributed by atoms with Crippen LogP contribution in [-0.2, 0) is 28.7 Å². The van der Waals surface area contributed by atoms with Crippen LogP contribution in [0.15, 0.2) is 30.6 Å². The summed E-state index contributed by atoms with van der Waals surface area (Å²) in [7, 11) is 6.75. The van der Waals surface area contributed by atoms with Gasteiger partial charge in [-0.25, -0.2) is 17.6 Å². The maximum atomic E-state index is 9.22. The minimum absolute atomic E-state index is 0.808. The summed E-state index contributed by atoms with van der Waals surface area (Å²) in [6.07, 6.45) is 4.03. The van der Waals surface area contributed by atoms with E-state index in [0.29, 0.717) is 0 Å². The molecule has 0 spiro atoms. The number of anilines is 3. The van der Waals surface area contributed by atoms with E-state index in [1.807, 2.05) is 35.6 Å². The monoisotopic (exact) mass is 428 g/mol.